The molecule has 94 valence electrons. The SMILES string of the molecule is Cc1cccc(CC(=O)NC(CBr)C(C)C)c1. The van der Waals surface area contributed by atoms with Gasteiger partial charge in [-0.3, -0.25) is 4.79 Å². The Hall–Kier alpha value is -0.830. The molecule has 0 aliphatic carbocycles. The van der Waals surface area contributed by atoms with Crippen molar-refractivity contribution in [1.29, 1.82) is 0 Å². The molecule has 1 unspecified atom stereocenters. The molecule has 1 N–H and O–H groups in total. The highest BCUT2D eigenvalue weighted by Crippen LogP contribution is 2.07. The van der Waals surface area contributed by atoms with Crippen molar-refractivity contribution in [3.63, 3.8) is 0 Å². The van der Waals surface area contributed by atoms with Crippen LogP contribution in [0, 0.1) is 12.8 Å². The van der Waals surface area contributed by atoms with Crippen LogP contribution in [0.3, 0.4) is 0 Å². The van der Waals surface area contributed by atoms with E-state index in [0.29, 0.717) is 12.3 Å². The number of halogens is 1. The van der Waals surface area contributed by atoms with Crippen LogP contribution in [-0.4, -0.2) is 17.3 Å². The molecule has 0 aliphatic heterocycles. The van der Waals surface area contributed by atoms with Crippen LogP contribution >= 0.6 is 15.9 Å². The van der Waals surface area contributed by atoms with Gasteiger partial charge in [0.1, 0.15) is 0 Å². The molecule has 0 spiro atoms. The van der Waals surface area contributed by atoms with Crippen LogP contribution in [0.15, 0.2) is 24.3 Å². The highest BCUT2D eigenvalue weighted by atomic mass is 79.9. The van der Waals surface area contributed by atoms with Crippen LogP contribution in [0.5, 0.6) is 0 Å². The van der Waals surface area contributed by atoms with Gasteiger partial charge in [-0.15, -0.1) is 0 Å². The second kappa shape index (κ2) is 6.80. The standard InChI is InChI=1S/C14H20BrNO/c1-10(2)13(9-15)16-14(17)8-12-6-4-5-11(3)7-12/h4-7,10,13H,8-9H2,1-3H3,(H,16,17). The quantitative estimate of drug-likeness (QED) is 0.832. The van der Waals surface area contributed by atoms with Crippen molar-refractivity contribution in [1.82, 2.24) is 5.32 Å². The molecule has 0 heterocycles. The van der Waals surface area contributed by atoms with Crippen molar-refractivity contribution in [3.8, 4) is 0 Å². The molecule has 0 aromatic heterocycles. The summed E-state index contributed by atoms with van der Waals surface area (Å²) < 4.78 is 0. The van der Waals surface area contributed by atoms with Gasteiger partial charge in [0, 0.05) is 11.4 Å². The molecule has 0 aliphatic rings. The second-order valence-electron chi connectivity index (χ2n) is 4.74. The van der Waals surface area contributed by atoms with Crippen LogP contribution in [-0.2, 0) is 11.2 Å². The average molecular weight is 298 g/mol. The van der Waals surface area contributed by atoms with E-state index in [0.717, 1.165) is 10.9 Å². The van der Waals surface area contributed by atoms with Gasteiger partial charge < -0.3 is 5.32 Å². The maximum absolute atomic E-state index is 11.9. The zero-order chi connectivity index (χ0) is 12.8. The zero-order valence-corrected chi connectivity index (χ0v) is 12.3. The minimum absolute atomic E-state index is 0.0914. The molecule has 0 saturated heterocycles. The van der Waals surface area contributed by atoms with Crippen molar-refractivity contribution in [3.05, 3.63) is 35.4 Å². The smallest absolute Gasteiger partial charge is 0.224 e. The van der Waals surface area contributed by atoms with Gasteiger partial charge >= 0.3 is 0 Å². The highest BCUT2D eigenvalue weighted by Gasteiger charge is 2.14. The molecular formula is C14H20BrNO. The molecule has 1 amide bonds. The number of aryl methyl sites for hydroxylation is 1. The van der Waals surface area contributed by atoms with Gasteiger partial charge in [0.15, 0.2) is 0 Å². The van der Waals surface area contributed by atoms with Gasteiger partial charge in [0.05, 0.1) is 6.42 Å². The van der Waals surface area contributed by atoms with E-state index in [-0.39, 0.29) is 11.9 Å². The summed E-state index contributed by atoms with van der Waals surface area (Å²) in [6.45, 7) is 6.26. The van der Waals surface area contributed by atoms with Gasteiger partial charge in [0.25, 0.3) is 0 Å². The lowest BCUT2D eigenvalue weighted by atomic mass is 10.1. The molecule has 0 saturated carbocycles. The van der Waals surface area contributed by atoms with E-state index in [1.165, 1.54) is 5.56 Å². The van der Waals surface area contributed by atoms with Gasteiger partial charge in [-0.25, -0.2) is 0 Å². The fourth-order valence-electron chi connectivity index (χ4n) is 1.65. The van der Waals surface area contributed by atoms with E-state index in [1.807, 2.05) is 25.1 Å². The summed E-state index contributed by atoms with van der Waals surface area (Å²) in [5, 5.41) is 3.84. The number of nitrogens with one attached hydrogen (secondary N) is 1. The largest absolute Gasteiger partial charge is 0.352 e. The van der Waals surface area contributed by atoms with E-state index in [4.69, 9.17) is 0 Å². The van der Waals surface area contributed by atoms with E-state index >= 15 is 0 Å². The molecule has 1 aromatic carbocycles. The Morgan fingerprint density at radius 2 is 2.12 bits per heavy atom. The van der Waals surface area contributed by atoms with E-state index in [2.05, 4.69) is 41.2 Å². The molecule has 1 rings (SSSR count). The van der Waals surface area contributed by atoms with Gasteiger partial charge in [-0.05, 0) is 18.4 Å². The Kier molecular flexibility index (Phi) is 5.69. The zero-order valence-electron chi connectivity index (χ0n) is 10.7. The summed E-state index contributed by atoms with van der Waals surface area (Å²) in [5.41, 5.74) is 2.26. The van der Waals surface area contributed by atoms with Crippen molar-refractivity contribution < 1.29 is 4.79 Å². The minimum Gasteiger partial charge on any atom is -0.352 e. The summed E-state index contributed by atoms with van der Waals surface area (Å²) in [6.07, 6.45) is 0.456. The van der Waals surface area contributed by atoms with E-state index in [9.17, 15) is 4.79 Å². The topological polar surface area (TPSA) is 29.1 Å². The third kappa shape index (κ3) is 4.90. The molecule has 2 nitrogen and oxygen atoms in total. The Balaban J connectivity index is 2.55. The van der Waals surface area contributed by atoms with Crippen LogP contribution < -0.4 is 5.32 Å². The normalized spacial score (nSPS) is 12.5. The van der Waals surface area contributed by atoms with E-state index < -0.39 is 0 Å². The molecule has 0 bridgehead atoms. The fraction of sp³-hybridized carbons (Fsp3) is 0.500. The molecule has 3 heteroatoms. The highest BCUT2D eigenvalue weighted by molar-refractivity contribution is 9.09. The molecule has 0 radical (unpaired) electrons. The van der Waals surface area contributed by atoms with Crippen LogP contribution in [0.1, 0.15) is 25.0 Å². The lowest BCUT2D eigenvalue weighted by molar-refractivity contribution is -0.121. The summed E-state index contributed by atoms with van der Waals surface area (Å²) >= 11 is 3.43. The summed E-state index contributed by atoms with van der Waals surface area (Å²) in [4.78, 5) is 11.9. The van der Waals surface area contributed by atoms with Crippen molar-refractivity contribution in [2.75, 3.05) is 5.33 Å². The first kappa shape index (κ1) is 14.2. The third-order valence-electron chi connectivity index (χ3n) is 2.76. The summed E-state index contributed by atoms with van der Waals surface area (Å²) in [7, 11) is 0. The van der Waals surface area contributed by atoms with Gasteiger partial charge in [-0.1, -0.05) is 59.6 Å². The second-order valence-corrected chi connectivity index (χ2v) is 5.39. The number of amides is 1. The Bertz CT molecular complexity index is 376. The van der Waals surface area contributed by atoms with Crippen molar-refractivity contribution in [2.24, 2.45) is 5.92 Å². The van der Waals surface area contributed by atoms with Crippen molar-refractivity contribution in [2.45, 2.75) is 33.2 Å². The Morgan fingerprint density at radius 3 is 2.65 bits per heavy atom. The number of carbonyl (C=O) groups is 1. The third-order valence-corrected chi connectivity index (χ3v) is 3.46. The predicted molar refractivity (Wildman–Crippen MR) is 75.4 cm³/mol. The molecule has 1 atom stereocenters. The number of alkyl halides is 1. The molecule has 17 heavy (non-hydrogen) atoms. The number of rotatable bonds is 5. The molecule has 0 fully saturated rings. The van der Waals surface area contributed by atoms with Crippen molar-refractivity contribution >= 4 is 21.8 Å². The van der Waals surface area contributed by atoms with Gasteiger partial charge in [0.2, 0.25) is 5.91 Å². The lowest BCUT2D eigenvalue weighted by Crippen LogP contribution is -2.40. The fourth-order valence-corrected chi connectivity index (χ4v) is 2.56. The average Bonchev–Trinajstić information content (AvgIpc) is 2.25. The number of hydrogen-bond donors (Lipinski definition) is 1. The maximum atomic E-state index is 11.9. The maximum Gasteiger partial charge on any atom is 0.224 e. The predicted octanol–water partition coefficient (Wildman–Crippen LogP) is 3.07. The number of carbonyl (C=O) groups excluding carboxylic acids is 1. The number of hydrogen-bond acceptors (Lipinski definition) is 1. The Labute approximate surface area is 112 Å². The monoisotopic (exact) mass is 297 g/mol. The van der Waals surface area contributed by atoms with Crippen LogP contribution in [0.25, 0.3) is 0 Å². The first-order valence-corrected chi connectivity index (χ1v) is 7.06. The molecular weight excluding hydrogens is 278 g/mol. The minimum atomic E-state index is 0.0914. The van der Waals surface area contributed by atoms with E-state index in [1.54, 1.807) is 0 Å². The van der Waals surface area contributed by atoms with Crippen LogP contribution in [0.2, 0.25) is 0 Å². The summed E-state index contributed by atoms with van der Waals surface area (Å²) in [5.74, 6) is 0.532. The first-order chi connectivity index (χ1) is 8.02. The molecule has 1 aromatic rings. The van der Waals surface area contributed by atoms with Gasteiger partial charge in [-0.2, -0.15) is 0 Å². The Morgan fingerprint density at radius 1 is 1.41 bits per heavy atom. The lowest BCUT2D eigenvalue weighted by Gasteiger charge is -2.19. The first-order valence-electron chi connectivity index (χ1n) is 5.93. The number of benzene rings is 1. The summed E-state index contributed by atoms with van der Waals surface area (Å²) in [6, 6.07) is 8.27. The van der Waals surface area contributed by atoms with Crippen LogP contribution in [0.4, 0.5) is 0 Å².